The molecular weight excluding hydrogens is 334 g/mol. The lowest BCUT2D eigenvalue weighted by molar-refractivity contribution is 0.367. The Hall–Kier alpha value is -1.95. The first-order chi connectivity index (χ1) is 11.9. The van der Waals surface area contributed by atoms with Crippen LogP contribution >= 0.6 is 0 Å². The third kappa shape index (κ3) is 4.57. The van der Waals surface area contributed by atoms with Gasteiger partial charge in [-0.1, -0.05) is 54.6 Å². The Bertz CT molecular complexity index is 838. The number of fused-ring (bicyclic) bond motifs is 2. The van der Waals surface area contributed by atoms with Crippen LogP contribution in [-0.4, -0.2) is 37.3 Å². The summed E-state index contributed by atoms with van der Waals surface area (Å²) in [5, 5.41) is 0. The van der Waals surface area contributed by atoms with Gasteiger partial charge in [0.2, 0.25) is 0 Å². The van der Waals surface area contributed by atoms with Crippen molar-refractivity contribution in [2.45, 2.75) is 19.3 Å². The molecule has 25 heavy (non-hydrogen) atoms. The molecular formula is C20H23NO3S. The van der Waals surface area contributed by atoms with Crippen LogP contribution in [0.5, 0.6) is 0 Å². The van der Waals surface area contributed by atoms with Gasteiger partial charge >= 0.3 is 0 Å². The molecule has 4 nitrogen and oxygen atoms in total. The molecule has 0 aliphatic heterocycles. The molecule has 0 saturated heterocycles. The highest BCUT2D eigenvalue weighted by molar-refractivity contribution is 7.85. The zero-order valence-corrected chi connectivity index (χ0v) is 15.2. The summed E-state index contributed by atoms with van der Waals surface area (Å²) >= 11 is 0. The van der Waals surface area contributed by atoms with Crippen LogP contribution in [0, 0.1) is 0 Å². The SMILES string of the molecule is CN(CCC=C1c2ccccc2CCc2ccccc21)CS(=O)(=O)O. The maximum atomic E-state index is 11.0. The third-order valence-corrected chi connectivity index (χ3v) is 5.29. The molecule has 1 aliphatic carbocycles. The summed E-state index contributed by atoms with van der Waals surface area (Å²) in [6.45, 7) is 0.563. The molecule has 2 aromatic carbocycles. The summed E-state index contributed by atoms with van der Waals surface area (Å²) in [5.41, 5.74) is 6.41. The van der Waals surface area contributed by atoms with Gasteiger partial charge in [0, 0.05) is 6.54 Å². The molecule has 0 saturated carbocycles. The predicted molar refractivity (Wildman–Crippen MR) is 101 cm³/mol. The van der Waals surface area contributed by atoms with Gasteiger partial charge in [0.15, 0.2) is 0 Å². The summed E-state index contributed by atoms with van der Waals surface area (Å²) in [6, 6.07) is 16.9. The first kappa shape index (κ1) is 17.9. The molecule has 1 aliphatic rings. The number of hydrogen-bond acceptors (Lipinski definition) is 3. The fourth-order valence-corrected chi connectivity index (χ4v) is 4.09. The molecule has 0 heterocycles. The number of rotatable bonds is 5. The summed E-state index contributed by atoms with van der Waals surface area (Å²) in [5.74, 6) is -0.344. The number of nitrogens with zero attached hydrogens (tertiary/aromatic N) is 1. The molecule has 132 valence electrons. The lowest BCUT2D eigenvalue weighted by Gasteiger charge is -2.15. The smallest absolute Gasteiger partial charge is 0.278 e. The van der Waals surface area contributed by atoms with Crippen LogP contribution in [0.3, 0.4) is 0 Å². The quantitative estimate of drug-likeness (QED) is 0.834. The molecule has 1 N–H and O–H groups in total. The minimum absolute atomic E-state index is 0.344. The molecule has 0 bridgehead atoms. The lowest BCUT2D eigenvalue weighted by atomic mass is 9.93. The van der Waals surface area contributed by atoms with E-state index in [0.29, 0.717) is 13.0 Å². The van der Waals surface area contributed by atoms with Crippen LogP contribution in [0.15, 0.2) is 54.6 Å². The van der Waals surface area contributed by atoms with Gasteiger partial charge in [0.1, 0.15) is 5.88 Å². The van der Waals surface area contributed by atoms with E-state index in [4.69, 9.17) is 4.55 Å². The zero-order chi connectivity index (χ0) is 17.9. The van der Waals surface area contributed by atoms with E-state index in [1.54, 1.807) is 11.9 Å². The van der Waals surface area contributed by atoms with E-state index in [9.17, 15) is 8.42 Å². The van der Waals surface area contributed by atoms with E-state index in [-0.39, 0.29) is 5.88 Å². The first-order valence-corrected chi connectivity index (χ1v) is 10.1. The molecule has 0 amide bonds. The van der Waals surface area contributed by atoms with E-state index >= 15 is 0 Å². The second-order valence-electron chi connectivity index (χ2n) is 6.51. The van der Waals surface area contributed by atoms with Gasteiger partial charge in [0.05, 0.1) is 0 Å². The molecule has 0 fully saturated rings. The fourth-order valence-electron chi connectivity index (χ4n) is 3.41. The fraction of sp³-hybridized carbons (Fsp3) is 0.300. The molecule has 0 spiro atoms. The molecule has 0 atom stereocenters. The van der Waals surface area contributed by atoms with Gasteiger partial charge in [-0.05, 0) is 54.1 Å². The average molecular weight is 357 g/mol. The standard InChI is InChI=1S/C20H23NO3S/c1-21(15-25(22,23)24)14-6-11-20-18-9-4-2-7-16(18)12-13-17-8-3-5-10-19(17)20/h2-5,7-11H,6,12-15H2,1H3,(H,22,23,24). The Kier molecular flexibility index (Phi) is 5.37. The van der Waals surface area contributed by atoms with Crippen molar-refractivity contribution in [1.82, 2.24) is 4.90 Å². The first-order valence-electron chi connectivity index (χ1n) is 8.44. The van der Waals surface area contributed by atoms with Crippen molar-refractivity contribution in [3.63, 3.8) is 0 Å². The van der Waals surface area contributed by atoms with Gasteiger partial charge in [-0.2, -0.15) is 8.42 Å². The van der Waals surface area contributed by atoms with Crippen molar-refractivity contribution >= 4 is 15.7 Å². The largest absolute Gasteiger partial charge is 0.291 e. The summed E-state index contributed by atoms with van der Waals surface area (Å²) in [4.78, 5) is 1.61. The Morgan fingerprint density at radius 2 is 1.52 bits per heavy atom. The van der Waals surface area contributed by atoms with Crippen LogP contribution in [0.4, 0.5) is 0 Å². The Morgan fingerprint density at radius 3 is 2.04 bits per heavy atom. The van der Waals surface area contributed by atoms with E-state index < -0.39 is 10.1 Å². The normalized spacial score (nSPS) is 14.0. The van der Waals surface area contributed by atoms with Crippen molar-refractivity contribution in [3.05, 3.63) is 76.9 Å². The molecule has 5 heteroatoms. The van der Waals surface area contributed by atoms with Crippen LogP contribution in [0.25, 0.3) is 5.57 Å². The summed E-state index contributed by atoms with van der Waals surface area (Å²) in [7, 11) is -2.28. The second-order valence-corrected chi connectivity index (χ2v) is 7.93. The minimum atomic E-state index is -3.98. The monoisotopic (exact) mass is 357 g/mol. The third-order valence-electron chi connectivity index (χ3n) is 4.52. The van der Waals surface area contributed by atoms with Gasteiger partial charge in [-0.3, -0.25) is 9.45 Å². The highest BCUT2D eigenvalue weighted by atomic mass is 32.2. The van der Waals surface area contributed by atoms with Crippen molar-refractivity contribution in [2.75, 3.05) is 19.5 Å². The van der Waals surface area contributed by atoms with Crippen molar-refractivity contribution < 1.29 is 13.0 Å². The summed E-state index contributed by atoms with van der Waals surface area (Å²) < 4.78 is 30.9. The Labute approximate surface area is 149 Å². The molecule has 0 radical (unpaired) electrons. The van der Waals surface area contributed by atoms with Crippen LogP contribution in [0.1, 0.15) is 28.7 Å². The lowest BCUT2D eigenvalue weighted by Crippen LogP contribution is -2.26. The second kappa shape index (κ2) is 7.52. The van der Waals surface area contributed by atoms with Gasteiger partial charge in [0.25, 0.3) is 10.1 Å². The highest BCUT2D eigenvalue weighted by Crippen LogP contribution is 2.33. The van der Waals surface area contributed by atoms with Gasteiger partial charge in [-0.15, -0.1) is 0 Å². The molecule has 3 rings (SSSR count). The van der Waals surface area contributed by atoms with E-state index in [0.717, 1.165) is 12.8 Å². The van der Waals surface area contributed by atoms with Crippen molar-refractivity contribution in [2.24, 2.45) is 0 Å². The van der Waals surface area contributed by atoms with Crippen LogP contribution in [0.2, 0.25) is 0 Å². The van der Waals surface area contributed by atoms with Crippen molar-refractivity contribution in [1.29, 1.82) is 0 Å². The van der Waals surface area contributed by atoms with Gasteiger partial charge < -0.3 is 0 Å². The van der Waals surface area contributed by atoms with Crippen LogP contribution in [-0.2, 0) is 23.0 Å². The topological polar surface area (TPSA) is 57.6 Å². The number of aryl methyl sites for hydroxylation is 2. The molecule has 0 aromatic heterocycles. The van der Waals surface area contributed by atoms with Crippen molar-refractivity contribution in [3.8, 4) is 0 Å². The van der Waals surface area contributed by atoms with E-state index in [1.165, 1.54) is 27.8 Å². The molecule has 0 unspecified atom stereocenters. The Balaban J connectivity index is 1.89. The maximum Gasteiger partial charge on any atom is 0.278 e. The number of hydrogen-bond donors (Lipinski definition) is 1. The maximum absolute atomic E-state index is 11.0. The number of benzene rings is 2. The molecule has 2 aromatic rings. The zero-order valence-electron chi connectivity index (χ0n) is 14.4. The average Bonchev–Trinajstić information content (AvgIpc) is 2.71. The minimum Gasteiger partial charge on any atom is -0.291 e. The predicted octanol–water partition coefficient (Wildman–Crippen LogP) is 3.38. The van der Waals surface area contributed by atoms with Gasteiger partial charge in [-0.25, -0.2) is 0 Å². The van der Waals surface area contributed by atoms with Crippen LogP contribution < -0.4 is 0 Å². The highest BCUT2D eigenvalue weighted by Gasteiger charge is 2.17. The Morgan fingerprint density at radius 1 is 1.00 bits per heavy atom. The van der Waals surface area contributed by atoms with E-state index in [1.807, 2.05) is 0 Å². The van der Waals surface area contributed by atoms with E-state index in [2.05, 4.69) is 54.6 Å². The summed E-state index contributed by atoms with van der Waals surface area (Å²) in [6.07, 6.45) is 4.94.